The Morgan fingerprint density at radius 3 is 0.500 bits per heavy atom. The van der Waals surface area contributed by atoms with Crippen LogP contribution in [0.25, 0.3) is 0 Å². The topological polar surface area (TPSA) is 0 Å². The summed E-state index contributed by atoms with van der Waals surface area (Å²) >= 11 is 38.7. The van der Waals surface area contributed by atoms with E-state index in [0.29, 0.717) is 30.1 Å². The van der Waals surface area contributed by atoms with Gasteiger partial charge in [0.25, 0.3) is 0 Å². The first kappa shape index (κ1) is 33.6. The van der Waals surface area contributed by atoms with Crippen LogP contribution in [0.5, 0.6) is 0 Å². The third kappa shape index (κ3) is 6.80. The predicted octanol–water partition coefficient (Wildman–Crippen LogP) is 11.4. The largest absolute Gasteiger partial charge is 0.140 e. The Kier molecular flexibility index (Phi) is 10.5. The summed E-state index contributed by atoms with van der Waals surface area (Å²) in [5, 5.41) is 10.8. The zero-order valence-corrected chi connectivity index (χ0v) is 30.5. The van der Waals surface area contributed by atoms with Gasteiger partial charge in [0.2, 0.25) is 0 Å². The van der Waals surface area contributed by atoms with Gasteiger partial charge in [-0.2, -0.15) is 0 Å². The molecule has 0 atom stereocenters. The molecular weight excluding hydrogens is 731 g/mol. The van der Waals surface area contributed by atoms with Gasteiger partial charge in [0.05, 0.1) is 0 Å². The van der Waals surface area contributed by atoms with E-state index in [1.807, 2.05) is 72.8 Å². The lowest BCUT2D eigenvalue weighted by molar-refractivity contribution is 1.71. The van der Waals surface area contributed by atoms with Crippen LogP contribution < -0.4 is 31.8 Å². The minimum atomic E-state index is -2.51. The van der Waals surface area contributed by atoms with Crippen LogP contribution in [0.4, 0.5) is 0 Å². The highest BCUT2D eigenvalue weighted by Crippen LogP contribution is 2.64. The van der Waals surface area contributed by atoms with Crippen LogP contribution in [0.1, 0.15) is 0 Å². The molecule has 6 rings (SSSR count). The Morgan fingerprint density at radius 1 is 0.239 bits per heavy atom. The number of benzene rings is 6. The molecule has 0 amide bonds. The van der Waals surface area contributed by atoms with Crippen molar-refractivity contribution in [2.75, 3.05) is 0 Å². The van der Waals surface area contributed by atoms with E-state index in [1.165, 1.54) is 0 Å². The molecule has 0 bridgehead atoms. The van der Waals surface area contributed by atoms with Gasteiger partial charge < -0.3 is 0 Å². The first-order valence-corrected chi connectivity index (χ1v) is 20.2. The van der Waals surface area contributed by atoms with Crippen LogP contribution >= 0.6 is 84.1 Å². The standard InChI is InChI=1S/C38H26Cl6P2/c39-27-1-13-33(14-2-27)45(34-15-3-28(40)4-16-34,35-17-5-29(41)6-18-35)25-26-46(36-19-7-30(42)8-20-36,37-21-9-31(43)10-22-37)38-23-11-32(44)12-24-38/h1-26H/q+2/b26-25+. The molecule has 0 fully saturated rings. The monoisotopic (exact) mass is 754 g/mol. The Hall–Kier alpha value is -2.34. The first-order chi connectivity index (χ1) is 22.2. The van der Waals surface area contributed by atoms with Crippen molar-refractivity contribution < 1.29 is 0 Å². The van der Waals surface area contributed by atoms with E-state index in [2.05, 4.69) is 84.4 Å². The summed E-state index contributed by atoms with van der Waals surface area (Å²) in [5.74, 6) is 4.85. The molecule has 46 heavy (non-hydrogen) atoms. The Labute approximate surface area is 301 Å². The number of rotatable bonds is 8. The van der Waals surface area contributed by atoms with Gasteiger partial charge in [0.1, 0.15) is 58.0 Å². The smallest absolute Gasteiger partial charge is 0.0843 e. The van der Waals surface area contributed by atoms with Crippen molar-refractivity contribution in [3.8, 4) is 0 Å². The molecule has 0 unspecified atom stereocenters. The van der Waals surface area contributed by atoms with Gasteiger partial charge in [0, 0.05) is 30.1 Å². The number of hydrogen-bond donors (Lipinski definition) is 0. The third-order valence-corrected chi connectivity index (χ3v) is 17.5. The van der Waals surface area contributed by atoms with Crippen molar-refractivity contribution >= 4 is 116 Å². The van der Waals surface area contributed by atoms with Gasteiger partial charge in [-0.05, 0) is 146 Å². The molecule has 0 N–H and O–H groups in total. The normalized spacial score (nSPS) is 12.0. The van der Waals surface area contributed by atoms with Gasteiger partial charge in [0.15, 0.2) is 0 Å². The molecule has 0 saturated carbocycles. The molecule has 6 aromatic rings. The average Bonchev–Trinajstić information content (AvgIpc) is 3.07. The fraction of sp³-hybridized carbons (Fsp3) is 0. The van der Waals surface area contributed by atoms with Crippen molar-refractivity contribution in [3.05, 3.63) is 187 Å². The molecule has 0 nitrogen and oxygen atoms in total. The van der Waals surface area contributed by atoms with Crippen LogP contribution in [-0.4, -0.2) is 0 Å². The molecule has 228 valence electrons. The Bertz CT molecular complexity index is 1590. The molecule has 0 saturated heterocycles. The highest BCUT2D eigenvalue weighted by Gasteiger charge is 2.49. The fourth-order valence-electron chi connectivity index (χ4n) is 5.67. The zero-order valence-electron chi connectivity index (χ0n) is 24.2. The van der Waals surface area contributed by atoms with E-state index in [4.69, 9.17) is 69.6 Å². The van der Waals surface area contributed by atoms with Crippen molar-refractivity contribution in [1.29, 1.82) is 0 Å². The van der Waals surface area contributed by atoms with Gasteiger partial charge in [-0.15, -0.1) is 0 Å². The summed E-state index contributed by atoms with van der Waals surface area (Å²) in [6.45, 7) is 0. The lowest BCUT2D eigenvalue weighted by atomic mass is 10.3. The number of hydrogen-bond acceptors (Lipinski definition) is 0. The van der Waals surface area contributed by atoms with Crippen LogP contribution in [0.3, 0.4) is 0 Å². The average molecular weight is 757 g/mol. The lowest BCUT2D eigenvalue weighted by Gasteiger charge is -2.27. The molecule has 0 aliphatic rings. The maximum absolute atomic E-state index is 6.46. The van der Waals surface area contributed by atoms with Crippen molar-refractivity contribution in [3.63, 3.8) is 0 Å². The summed E-state index contributed by atoms with van der Waals surface area (Å²) in [7, 11) is -5.01. The van der Waals surface area contributed by atoms with Crippen LogP contribution in [0.2, 0.25) is 30.1 Å². The molecule has 6 aromatic carbocycles. The molecular formula is C38H26Cl6P2+2. The SMILES string of the molecule is Clc1ccc([P+](/C=C/[P+](c2ccc(Cl)cc2)(c2ccc(Cl)cc2)c2ccc(Cl)cc2)(c2ccc(Cl)cc2)c2ccc(Cl)cc2)cc1. The summed E-state index contributed by atoms with van der Waals surface area (Å²) in [4.78, 5) is 0. The highest BCUT2D eigenvalue weighted by atomic mass is 35.5. The van der Waals surface area contributed by atoms with E-state index in [1.54, 1.807) is 0 Å². The summed E-state index contributed by atoms with van der Waals surface area (Å²) in [6.07, 6.45) is 0. The molecule has 0 aliphatic carbocycles. The minimum Gasteiger partial charge on any atom is -0.0843 e. The second-order valence-electron chi connectivity index (χ2n) is 10.6. The Balaban J connectivity index is 1.74. The molecule has 0 aromatic heterocycles. The van der Waals surface area contributed by atoms with Gasteiger partial charge in [-0.1, -0.05) is 69.6 Å². The highest BCUT2D eigenvalue weighted by molar-refractivity contribution is 8.01. The van der Waals surface area contributed by atoms with Crippen LogP contribution in [0, 0.1) is 0 Å². The molecule has 0 radical (unpaired) electrons. The van der Waals surface area contributed by atoms with Crippen molar-refractivity contribution in [1.82, 2.24) is 0 Å². The minimum absolute atomic E-state index is 0.670. The first-order valence-electron chi connectivity index (χ1n) is 14.3. The second-order valence-corrected chi connectivity index (χ2v) is 19.8. The van der Waals surface area contributed by atoms with Gasteiger partial charge in [-0.25, -0.2) is 0 Å². The zero-order chi connectivity index (χ0) is 32.3. The van der Waals surface area contributed by atoms with E-state index >= 15 is 0 Å². The molecule has 0 heterocycles. The van der Waals surface area contributed by atoms with Crippen LogP contribution in [0.15, 0.2) is 157 Å². The summed E-state index contributed by atoms with van der Waals surface area (Å²) in [6, 6.07) is 48.9. The van der Waals surface area contributed by atoms with E-state index < -0.39 is 14.5 Å². The maximum Gasteiger partial charge on any atom is 0.140 e. The Morgan fingerprint density at radius 2 is 0.370 bits per heavy atom. The predicted molar refractivity (Wildman–Crippen MR) is 209 cm³/mol. The van der Waals surface area contributed by atoms with E-state index in [0.717, 1.165) is 31.8 Å². The van der Waals surface area contributed by atoms with Gasteiger partial charge >= 0.3 is 0 Å². The summed E-state index contributed by atoms with van der Waals surface area (Å²) < 4.78 is 0. The molecule has 0 spiro atoms. The summed E-state index contributed by atoms with van der Waals surface area (Å²) in [5.41, 5.74) is 0. The number of halogens is 6. The van der Waals surface area contributed by atoms with Crippen LogP contribution in [-0.2, 0) is 0 Å². The molecule has 8 heteroatoms. The second kappa shape index (κ2) is 14.4. The van der Waals surface area contributed by atoms with E-state index in [9.17, 15) is 0 Å². The van der Waals surface area contributed by atoms with Crippen molar-refractivity contribution in [2.24, 2.45) is 0 Å². The fourth-order valence-corrected chi connectivity index (χ4v) is 14.6. The molecule has 0 aliphatic heterocycles. The lowest BCUT2D eigenvalue weighted by Crippen LogP contribution is -2.32. The third-order valence-electron chi connectivity index (χ3n) is 7.92. The van der Waals surface area contributed by atoms with Crippen molar-refractivity contribution in [2.45, 2.75) is 0 Å². The quantitative estimate of drug-likeness (QED) is 0.136. The van der Waals surface area contributed by atoms with E-state index in [-0.39, 0.29) is 0 Å². The van der Waals surface area contributed by atoms with Gasteiger partial charge in [-0.3, -0.25) is 0 Å². The maximum atomic E-state index is 6.46.